The molecule has 4 nitrogen and oxygen atoms in total. The zero-order chi connectivity index (χ0) is 9.97. The Labute approximate surface area is 82.8 Å². The summed E-state index contributed by atoms with van der Waals surface area (Å²) in [4.78, 5) is 18.9. The van der Waals surface area contributed by atoms with Crippen LogP contribution in [-0.4, -0.2) is 17.0 Å². The van der Waals surface area contributed by atoms with Gasteiger partial charge in [-0.05, 0) is 32.7 Å². The number of hydrogen-bond acceptors (Lipinski definition) is 3. The molecule has 0 unspecified atom stereocenters. The van der Waals surface area contributed by atoms with Crippen LogP contribution in [0.3, 0.4) is 0 Å². The highest BCUT2D eigenvalue weighted by Gasteiger charge is 2.14. The molecule has 1 aliphatic carbocycles. The molecule has 0 aromatic carbocycles. The van der Waals surface area contributed by atoms with Crippen LogP contribution in [0.25, 0.3) is 0 Å². The fourth-order valence-electron chi connectivity index (χ4n) is 1.91. The fraction of sp³-hybridized carbons (Fsp3) is 0.600. The van der Waals surface area contributed by atoms with Gasteiger partial charge in [0.05, 0.1) is 12.2 Å². The van der Waals surface area contributed by atoms with Gasteiger partial charge in [0.2, 0.25) is 0 Å². The van der Waals surface area contributed by atoms with E-state index < -0.39 is 0 Å². The van der Waals surface area contributed by atoms with Crippen molar-refractivity contribution in [2.75, 3.05) is 7.05 Å². The van der Waals surface area contributed by atoms with E-state index in [0.29, 0.717) is 6.54 Å². The van der Waals surface area contributed by atoms with E-state index in [-0.39, 0.29) is 5.56 Å². The molecule has 0 saturated heterocycles. The van der Waals surface area contributed by atoms with Gasteiger partial charge in [0.15, 0.2) is 0 Å². The van der Waals surface area contributed by atoms with Gasteiger partial charge in [0.25, 0.3) is 5.56 Å². The van der Waals surface area contributed by atoms with Crippen LogP contribution in [0.5, 0.6) is 0 Å². The lowest BCUT2D eigenvalue weighted by Gasteiger charge is -2.14. The average molecular weight is 193 g/mol. The number of fused-ring (bicyclic) bond motifs is 1. The van der Waals surface area contributed by atoms with Gasteiger partial charge < -0.3 is 10.3 Å². The zero-order valence-electron chi connectivity index (χ0n) is 8.39. The molecule has 0 aliphatic heterocycles. The van der Waals surface area contributed by atoms with Gasteiger partial charge in [-0.1, -0.05) is 0 Å². The van der Waals surface area contributed by atoms with Crippen molar-refractivity contribution in [2.45, 2.75) is 32.2 Å². The summed E-state index contributed by atoms with van der Waals surface area (Å²) in [6, 6.07) is 0. The molecule has 0 spiro atoms. The zero-order valence-corrected chi connectivity index (χ0v) is 8.39. The summed E-state index contributed by atoms with van der Waals surface area (Å²) in [7, 11) is 1.85. The molecular formula is C10H15N3O. The molecule has 0 amide bonds. The Morgan fingerprint density at radius 3 is 3.00 bits per heavy atom. The Morgan fingerprint density at radius 2 is 2.21 bits per heavy atom. The first-order valence-corrected chi connectivity index (χ1v) is 5.07. The number of aryl methyl sites for hydroxylation is 1. The van der Waals surface area contributed by atoms with Crippen molar-refractivity contribution in [3.63, 3.8) is 0 Å². The molecule has 14 heavy (non-hydrogen) atoms. The van der Waals surface area contributed by atoms with Crippen LogP contribution in [-0.2, 0) is 19.4 Å². The van der Waals surface area contributed by atoms with Crippen LogP contribution in [0.4, 0.5) is 0 Å². The number of nitrogens with zero attached hydrogens (tertiary/aromatic N) is 1. The summed E-state index contributed by atoms with van der Waals surface area (Å²) in [6.45, 7) is 0.628. The molecule has 0 fully saturated rings. The van der Waals surface area contributed by atoms with Crippen LogP contribution in [0, 0.1) is 0 Å². The van der Waals surface area contributed by atoms with Gasteiger partial charge in [-0.25, -0.2) is 4.98 Å². The van der Waals surface area contributed by atoms with Crippen LogP contribution >= 0.6 is 0 Å². The molecule has 2 rings (SSSR count). The van der Waals surface area contributed by atoms with E-state index in [1.165, 1.54) is 0 Å². The predicted octanol–water partition coefficient (Wildman–Crippen LogP) is 0.368. The highest BCUT2D eigenvalue weighted by molar-refractivity contribution is 5.20. The van der Waals surface area contributed by atoms with Crippen LogP contribution in [0.2, 0.25) is 0 Å². The third-order valence-electron chi connectivity index (χ3n) is 2.58. The molecule has 2 N–H and O–H groups in total. The van der Waals surface area contributed by atoms with Crippen molar-refractivity contribution in [1.29, 1.82) is 0 Å². The lowest BCUT2D eigenvalue weighted by atomic mass is 9.97. The maximum atomic E-state index is 11.6. The van der Waals surface area contributed by atoms with Crippen molar-refractivity contribution in [3.05, 3.63) is 27.4 Å². The van der Waals surface area contributed by atoms with E-state index in [9.17, 15) is 4.79 Å². The number of rotatable bonds is 2. The van der Waals surface area contributed by atoms with E-state index in [1.807, 2.05) is 7.05 Å². The Kier molecular flexibility index (Phi) is 2.63. The second kappa shape index (κ2) is 3.92. The van der Waals surface area contributed by atoms with Crippen molar-refractivity contribution in [3.8, 4) is 0 Å². The molecule has 1 aromatic heterocycles. The standard InChI is InChI=1S/C10H15N3O/c1-11-6-9-12-8-5-3-2-4-7(8)10(14)13-9/h11H,2-6H2,1H3,(H,12,13,14). The number of nitrogens with one attached hydrogen (secondary N) is 2. The Balaban J connectivity index is 2.41. The molecule has 0 atom stereocenters. The minimum absolute atomic E-state index is 0.0555. The molecule has 0 saturated carbocycles. The first kappa shape index (κ1) is 9.40. The summed E-state index contributed by atoms with van der Waals surface area (Å²) in [6.07, 6.45) is 4.11. The summed E-state index contributed by atoms with van der Waals surface area (Å²) in [5.74, 6) is 0.748. The maximum absolute atomic E-state index is 11.6. The van der Waals surface area contributed by atoms with E-state index >= 15 is 0 Å². The molecule has 4 heteroatoms. The van der Waals surface area contributed by atoms with Gasteiger partial charge >= 0.3 is 0 Å². The van der Waals surface area contributed by atoms with E-state index in [0.717, 1.165) is 42.8 Å². The van der Waals surface area contributed by atoms with Crippen LogP contribution in [0.15, 0.2) is 4.79 Å². The SMILES string of the molecule is CNCc1nc2c(c(=O)[nH]1)CCCC2. The summed E-state index contributed by atoms with van der Waals surface area (Å²) >= 11 is 0. The average Bonchev–Trinajstić information content (AvgIpc) is 2.18. The molecule has 1 aromatic rings. The highest BCUT2D eigenvalue weighted by Crippen LogP contribution is 2.15. The summed E-state index contributed by atoms with van der Waals surface area (Å²) in [5, 5.41) is 2.99. The third kappa shape index (κ3) is 1.70. The lowest BCUT2D eigenvalue weighted by molar-refractivity contribution is 0.638. The summed E-state index contributed by atoms with van der Waals surface area (Å²) < 4.78 is 0. The molecule has 76 valence electrons. The van der Waals surface area contributed by atoms with Gasteiger partial charge in [-0.2, -0.15) is 0 Å². The molecular weight excluding hydrogens is 178 g/mol. The Bertz CT molecular complexity index is 383. The number of hydrogen-bond donors (Lipinski definition) is 2. The normalized spacial score (nSPS) is 15.2. The number of H-pyrrole nitrogens is 1. The lowest BCUT2D eigenvalue weighted by Crippen LogP contribution is -2.24. The van der Waals surface area contributed by atoms with Crippen molar-refractivity contribution < 1.29 is 0 Å². The second-order valence-electron chi connectivity index (χ2n) is 3.68. The highest BCUT2D eigenvalue weighted by atomic mass is 16.1. The van der Waals surface area contributed by atoms with Crippen molar-refractivity contribution in [2.24, 2.45) is 0 Å². The van der Waals surface area contributed by atoms with E-state index in [2.05, 4.69) is 15.3 Å². The largest absolute Gasteiger partial charge is 0.313 e. The Hall–Kier alpha value is -1.16. The van der Waals surface area contributed by atoms with Crippen molar-refractivity contribution >= 4 is 0 Å². The topological polar surface area (TPSA) is 57.8 Å². The van der Waals surface area contributed by atoms with Crippen molar-refractivity contribution in [1.82, 2.24) is 15.3 Å². The van der Waals surface area contributed by atoms with Gasteiger partial charge in [-0.15, -0.1) is 0 Å². The third-order valence-corrected chi connectivity index (χ3v) is 2.58. The minimum atomic E-state index is 0.0555. The van der Waals surface area contributed by atoms with Crippen LogP contribution in [0.1, 0.15) is 29.9 Å². The number of aromatic amines is 1. The van der Waals surface area contributed by atoms with Crippen LogP contribution < -0.4 is 10.9 Å². The molecule has 1 aliphatic rings. The summed E-state index contributed by atoms with van der Waals surface area (Å²) in [5.41, 5.74) is 1.96. The monoisotopic (exact) mass is 193 g/mol. The van der Waals surface area contributed by atoms with Gasteiger partial charge in [0.1, 0.15) is 5.82 Å². The predicted molar refractivity (Wildman–Crippen MR) is 54.3 cm³/mol. The first-order valence-electron chi connectivity index (χ1n) is 5.07. The number of aromatic nitrogens is 2. The first-order chi connectivity index (χ1) is 6.81. The Morgan fingerprint density at radius 1 is 1.43 bits per heavy atom. The molecule has 0 bridgehead atoms. The molecule has 0 radical (unpaired) electrons. The van der Waals surface area contributed by atoms with Gasteiger partial charge in [0, 0.05) is 5.56 Å². The fourth-order valence-corrected chi connectivity index (χ4v) is 1.91. The smallest absolute Gasteiger partial charge is 0.254 e. The van der Waals surface area contributed by atoms with Gasteiger partial charge in [-0.3, -0.25) is 4.79 Å². The molecule has 1 heterocycles. The van der Waals surface area contributed by atoms with E-state index in [1.54, 1.807) is 0 Å². The maximum Gasteiger partial charge on any atom is 0.254 e. The quantitative estimate of drug-likeness (QED) is 0.713. The minimum Gasteiger partial charge on any atom is -0.313 e. The van der Waals surface area contributed by atoms with E-state index in [4.69, 9.17) is 0 Å². The second-order valence-corrected chi connectivity index (χ2v) is 3.68.